The van der Waals surface area contributed by atoms with E-state index in [0.29, 0.717) is 29.2 Å². The van der Waals surface area contributed by atoms with Crippen LogP contribution in [0.4, 0.5) is 5.69 Å². The number of ether oxygens (including phenoxy) is 1. The topological polar surface area (TPSA) is 98.8 Å². The summed E-state index contributed by atoms with van der Waals surface area (Å²) in [6, 6.07) is 7.15. The number of benzene rings is 1. The molecular weight excluding hydrogens is 323 g/mol. The van der Waals surface area contributed by atoms with Gasteiger partial charge in [0.1, 0.15) is 5.69 Å². The predicted octanol–water partition coefficient (Wildman–Crippen LogP) is 1.06. The van der Waals surface area contributed by atoms with Gasteiger partial charge in [-0.2, -0.15) is 5.10 Å². The maximum atomic E-state index is 12.8. The molecule has 0 saturated heterocycles. The van der Waals surface area contributed by atoms with E-state index in [9.17, 15) is 9.59 Å². The second kappa shape index (κ2) is 7.08. The van der Waals surface area contributed by atoms with Crippen LogP contribution in [-0.4, -0.2) is 53.4 Å². The zero-order valence-electron chi connectivity index (χ0n) is 13.7. The quantitative estimate of drug-likeness (QED) is 0.480. The fourth-order valence-corrected chi connectivity index (χ4v) is 2.87. The minimum Gasteiger partial charge on any atom is -0.461 e. The molecule has 25 heavy (non-hydrogen) atoms. The molecule has 0 bridgehead atoms. The van der Waals surface area contributed by atoms with Crippen LogP contribution in [0.25, 0.3) is 0 Å². The van der Waals surface area contributed by atoms with Gasteiger partial charge in [0.25, 0.3) is 5.91 Å². The number of nitrogens with zero attached hydrogens (tertiary/aromatic N) is 3. The molecule has 1 amide bonds. The van der Waals surface area contributed by atoms with Crippen LogP contribution < -0.4 is 4.90 Å². The Morgan fingerprint density at radius 3 is 3.04 bits per heavy atom. The smallest absolute Gasteiger partial charge is 0.356 e. The molecule has 2 aromatic rings. The molecule has 0 unspecified atom stereocenters. The number of aromatic amines is 1. The van der Waals surface area contributed by atoms with Gasteiger partial charge >= 0.3 is 5.97 Å². The highest BCUT2D eigenvalue weighted by Gasteiger charge is 2.32. The maximum absolute atomic E-state index is 12.8. The number of hydrogen-bond acceptors (Lipinski definition) is 6. The maximum Gasteiger partial charge on any atom is 0.356 e. The molecule has 2 N–H and O–H groups in total. The summed E-state index contributed by atoms with van der Waals surface area (Å²) in [5.74, 6) is -0.802. The lowest BCUT2D eigenvalue weighted by molar-refractivity contribution is -0.00335. The SMILES string of the molecule is [B]N(O)Cc1cccc(N2CCc3c(n[nH]c3C(=O)OCC)C2=O)c1. The third kappa shape index (κ3) is 3.42. The van der Waals surface area contributed by atoms with E-state index in [1.165, 1.54) is 0 Å². The molecule has 0 spiro atoms. The second-order valence-corrected chi connectivity index (χ2v) is 5.62. The van der Waals surface area contributed by atoms with Gasteiger partial charge in [0.15, 0.2) is 5.69 Å². The van der Waals surface area contributed by atoms with Crippen LogP contribution in [0.2, 0.25) is 0 Å². The van der Waals surface area contributed by atoms with Crippen molar-refractivity contribution >= 4 is 25.5 Å². The number of fused-ring (bicyclic) bond motifs is 1. The Morgan fingerprint density at radius 1 is 1.52 bits per heavy atom. The summed E-state index contributed by atoms with van der Waals surface area (Å²) in [6.45, 7) is 2.52. The van der Waals surface area contributed by atoms with Crippen molar-refractivity contribution in [1.82, 2.24) is 15.2 Å². The Hall–Kier alpha value is -2.65. The number of carbonyl (C=O) groups excluding carboxylic acids is 2. The molecule has 9 heteroatoms. The van der Waals surface area contributed by atoms with Crippen LogP contribution in [0.1, 0.15) is 39.0 Å². The first kappa shape index (κ1) is 17.2. The standard InChI is InChI=1S/C16H17BN4O4/c1-2-25-16(23)14-12-6-7-20(15(22)13(12)18-19-14)11-5-3-4-10(8-11)9-21(17)24/h3-5,8,24H,2,6-7,9H2,1H3,(H,18,19). The summed E-state index contributed by atoms with van der Waals surface area (Å²) >= 11 is 0. The number of hydrogen-bond donors (Lipinski definition) is 2. The highest BCUT2D eigenvalue weighted by molar-refractivity contribution is 6.08. The van der Waals surface area contributed by atoms with Crippen LogP contribution in [0, 0.1) is 0 Å². The average molecular weight is 340 g/mol. The fraction of sp³-hybridized carbons (Fsp3) is 0.312. The monoisotopic (exact) mass is 340 g/mol. The molecule has 0 atom stereocenters. The molecule has 3 rings (SSSR count). The Balaban J connectivity index is 1.86. The van der Waals surface area contributed by atoms with Gasteiger partial charge in [-0.25, -0.2) is 9.77 Å². The largest absolute Gasteiger partial charge is 0.461 e. The third-order valence-corrected chi connectivity index (χ3v) is 3.95. The lowest BCUT2D eigenvalue weighted by Gasteiger charge is -2.27. The van der Waals surface area contributed by atoms with Crippen molar-refractivity contribution in [3.8, 4) is 0 Å². The number of nitrogens with one attached hydrogen (secondary N) is 1. The van der Waals surface area contributed by atoms with Gasteiger partial charge < -0.3 is 14.8 Å². The predicted molar refractivity (Wildman–Crippen MR) is 89.5 cm³/mol. The molecule has 2 heterocycles. The van der Waals surface area contributed by atoms with Gasteiger partial charge in [-0.3, -0.25) is 9.89 Å². The molecule has 2 radical (unpaired) electrons. The highest BCUT2D eigenvalue weighted by atomic mass is 16.5. The van der Waals surface area contributed by atoms with Crippen molar-refractivity contribution in [2.24, 2.45) is 0 Å². The summed E-state index contributed by atoms with van der Waals surface area (Å²) < 4.78 is 4.98. The van der Waals surface area contributed by atoms with E-state index >= 15 is 0 Å². The van der Waals surface area contributed by atoms with Crippen LogP contribution in [0.15, 0.2) is 24.3 Å². The number of aromatic nitrogens is 2. The molecule has 128 valence electrons. The first-order valence-corrected chi connectivity index (χ1v) is 7.87. The molecule has 8 nitrogen and oxygen atoms in total. The molecule has 0 saturated carbocycles. The van der Waals surface area contributed by atoms with Gasteiger partial charge in [0.2, 0.25) is 7.98 Å². The molecule has 1 aliphatic heterocycles. The first-order valence-electron chi connectivity index (χ1n) is 7.87. The van der Waals surface area contributed by atoms with Crippen molar-refractivity contribution < 1.29 is 19.5 Å². The van der Waals surface area contributed by atoms with Crippen molar-refractivity contribution in [2.75, 3.05) is 18.1 Å². The Labute approximate surface area is 145 Å². The number of hydroxylamine groups is 1. The van der Waals surface area contributed by atoms with Crippen molar-refractivity contribution in [3.05, 3.63) is 46.8 Å². The minimum atomic E-state index is -0.509. The summed E-state index contributed by atoms with van der Waals surface area (Å²) in [6.07, 6.45) is 0.485. The zero-order chi connectivity index (χ0) is 18.0. The average Bonchev–Trinajstić information content (AvgIpc) is 3.00. The lowest BCUT2D eigenvalue weighted by Crippen LogP contribution is -2.38. The number of rotatable bonds is 5. The summed E-state index contributed by atoms with van der Waals surface area (Å²) in [4.78, 5) is 26.8. The minimum absolute atomic E-state index is 0.135. The van der Waals surface area contributed by atoms with Crippen molar-refractivity contribution in [3.63, 3.8) is 0 Å². The summed E-state index contributed by atoms with van der Waals surface area (Å²) in [5, 5.41) is 15.8. The van der Waals surface area contributed by atoms with E-state index in [1.807, 2.05) is 0 Å². The fourth-order valence-electron chi connectivity index (χ4n) is 2.87. The van der Waals surface area contributed by atoms with Gasteiger partial charge in [0, 0.05) is 24.3 Å². The van der Waals surface area contributed by atoms with Gasteiger partial charge in [-0.05, 0) is 31.0 Å². The van der Waals surface area contributed by atoms with Crippen LogP contribution >= 0.6 is 0 Å². The van der Waals surface area contributed by atoms with E-state index in [4.69, 9.17) is 17.9 Å². The lowest BCUT2D eigenvalue weighted by atomic mass is 10.0. The van der Waals surface area contributed by atoms with Crippen molar-refractivity contribution in [2.45, 2.75) is 19.9 Å². The molecule has 0 fully saturated rings. The first-order chi connectivity index (χ1) is 12.0. The Kier molecular flexibility index (Phi) is 4.87. The number of carbonyl (C=O) groups is 2. The van der Waals surface area contributed by atoms with E-state index in [1.54, 1.807) is 36.1 Å². The van der Waals surface area contributed by atoms with E-state index < -0.39 is 5.97 Å². The molecule has 1 aromatic carbocycles. The summed E-state index contributed by atoms with van der Waals surface area (Å²) in [5.41, 5.74) is 2.48. The summed E-state index contributed by atoms with van der Waals surface area (Å²) in [7, 11) is 5.25. The normalized spacial score (nSPS) is 13.9. The third-order valence-electron chi connectivity index (χ3n) is 3.95. The van der Waals surface area contributed by atoms with E-state index in [2.05, 4.69) is 10.2 Å². The van der Waals surface area contributed by atoms with Crippen molar-refractivity contribution in [1.29, 1.82) is 0 Å². The van der Waals surface area contributed by atoms with Gasteiger partial charge in [-0.15, -0.1) is 0 Å². The van der Waals surface area contributed by atoms with Crippen LogP contribution in [0.3, 0.4) is 0 Å². The number of amides is 1. The number of H-pyrrole nitrogens is 1. The molecule has 1 aromatic heterocycles. The van der Waals surface area contributed by atoms with E-state index in [-0.39, 0.29) is 30.4 Å². The molecule has 0 aliphatic carbocycles. The molecule has 1 aliphatic rings. The number of esters is 1. The Bertz CT molecular complexity index is 805. The zero-order valence-corrected chi connectivity index (χ0v) is 13.7. The van der Waals surface area contributed by atoms with Crippen LogP contribution in [-0.2, 0) is 17.7 Å². The molecular formula is C16H17BN4O4. The highest BCUT2D eigenvalue weighted by Crippen LogP contribution is 2.26. The Morgan fingerprint density at radius 2 is 2.32 bits per heavy atom. The second-order valence-electron chi connectivity index (χ2n) is 5.62. The van der Waals surface area contributed by atoms with Gasteiger partial charge in [-0.1, -0.05) is 12.1 Å². The number of anilines is 1. The van der Waals surface area contributed by atoms with Crippen LogP contribution in [0.5, 0.6) is 0 Å². The van der Waals surface area contributed by atoms with Gasteiger partial charge in [0.05, 0.1) is 6.61 Å². The van der Waals surface area contributed by atoms with E-state index in [0.717, 1.165) is 5.56 Å².